The van der Waals surface area contributed by atoms with E-state index in [9.17, 15) is 4.79 Å². The van der Waals surface area contributed by atoms with Gasteiger partial charge in [-0.05, 0) is 11.4 Å². The van der Waals surface area contributed by atoms with Crippen molar-refractivity contribution in [3.8, 4) is 10.7 Å². The van der Waals surface area contributed by atoms with E-state index < -0.39 is 0 Å². The number of nitrogens with zero attached hydrogens (tertiary/aromatic N) is 4. The molecule has 1 fully saturated rings. The molecule has 0 aliphatic carbocycles. The van der Waals surface area contributed by atoms with E-state index in [1.165, 1.54) is 0 Å². The Labute approximate surface area is 126 Å². The minimum Gasteiger partial charge on any atom is -0.378 e. The first-order valence-corrected chi connectivity index (χ1v) is 7.56. The quantitative estimate of drug-likeness (QED) is 0.862. The highest BCUT2D eigenvalue weighted by Crippen LogP contribution is 2.21. The smallest absolute Gasteiger partial charge is 0.320 e. The molecule has 8 heteroatoms. The maximum atomic E-state index is 12.2. The zero-order chi connectivity index (χ0) is 14.7. The third-order valence-corrected chi connectivity index (χ3v) is 4.06. The molecule has 1 aliphatic rings. The highest BCUT2D eigenvalue weighted by atomic mass is 32.1. The Kier molecular flexibility index (Phi) is 4.16. The molecule has 1 aliphatic heterocycles. The largest absolute Gasteiger partial charge is 0.378 e. The molecule has 2 aromatic heterocycles. The van der Waals surface area contributed by atoms with Crippen molar-refractivity contribution < 1.29 is 14.1 Å². The molecular formula is C13H16N4O3S. The number of carbonyl (C=O) groups is 1. The summed E-state index contributed by atoms with van der Waals surface area (Å²) >= 11 is 1.55. The van der Waals surface area contributed by atoms with Gasteiger partial charge in [0.25, 0.3) is 0 Å². The molecule has 0 unspecified atom stereocenters. The molecule has 0 spiro atoms. The van der Waals surface area contributed by atoms with Crippen molar-refractivity contribution >= 4 is 17.4 Å². The van der Waals surface area contributed by atoms with Gasteiger partial charge in [-0.1, -0.05) is 11.2 Å². The molecule has 0 atom stereocenters. The van der Waals surface area contributed by atoms with E-state index in [0.29, 0.717) is 44.6 Å². The number of morpholine rings is 1. The van der Waals surface area contributed by atoms with Gasteiger partial charge in [-0.3, -0.25) is 0 Å². The molecule has 3 heterocycles. The van der Waals surface area contributed by atoms with E-state index in [-0.39, 0.29) is 6.03 Å². The molecule has 0 N–H and O–H groups in total. The lowest BCUT2D eigenvalue weighted by Gasteiger charge is -2.30. The number of hydrogen-bond acceptors (Lipinski definition) is 6. The Morgan fingerprint density at radius 3 is 3.00 bits per heavy atom. The van der Waals surface area contributed by atoms with Gasteiger partial charge >= 0.3 is 6.03 Å². The summed E-state index contributed by atoms with van der Waals surface area (Å²) in [4.78, 5) is 20.9. The van der Waals surface area contributed by atoms with Gasteiger partial charge in [0.2, 0.25) is 11.7 Å². The van der Waals surface area contributed by atoms with E-state index in [0.717, 1.165) is 4.88 Å². The van der Waals surface area contributed by atoms with Crippen LogP contribution in [0.2, 0.25) is 0 Å². The zero-order valence-electron chi connectivity index (χ0n) is 11.7. The molecule has 2 aromatic rings. The topological polar surface area (TPSA) is 71.7 Å². The Bertz CT molecular complexity index is 592. The minimum absolute atomic E-state index is 0.0471. The van der Waals surface area contributed by atoms with Crippen LogP contribution < -0.4 is 0 Å². The molecule has 0 bridgehead atoms. The second-order valence-electron chi connectivity index (χ2n) is 4.73. The molecular weight excluding hydrogens is 292 g/mol. The SMILES string of the molecule is CN(Cc1nc(-c2cccs2)no1)C(=O)N1CCOCC1. The van der Waals surface area contributed by atoms with Gasteiger partial charge in [0, 0.05) is 20.1 Å². The van der Waals surface area contributed by atoms with Crippen molar-refractivity contribution in [3.05, 3.63) is 23.4 Å². The van der Waals surface area contributed by atoms with Crippen LogP contribution in [0.5, 0.6) is 0 Å². The Hall–Kier alpha value is -1.93. The third kappa shape index (κ3) is 3.22. The average Bonchev–Trinajstić information content (AvgIpc) is 3.18. The summed E-state index contributed by atoms with van der Waals surface area (Å²) in [5, 5.41) is 5.89. The Morgan fingerprint density at radius 2 is 2.29 bits per heavy atom. The highest BCUT2D eigenvalue weighted by Gasteiger charge is 2.22. The maximum absolute atomic E-state index is 12.2. The molecule has 1 saturated heterocycles. The Balaban J connectivity index is 1.62. The second kappa shape index (κ2) is 6.23. The van der Waals surface area contributed by atoms with Crippen LogP contribution in [0.3, 0.4) is 0 Å². The van der Waals surface area contributed by atoms with E-state index in [1.807, 2.05) is 17.5 Å². The minimum atomic E-state index is -0.0471. The van der Waals surface area contributed by atoms with E-state index >= 15 is 0 Å². The van der Waals surface area contributed by atoms with Crippen molar-refractivity contribution in [3.63, 3.8) is 0 Å². The monoisotopic (exact) mass is 308 g/mol. The highest BCUT2D eigenvalue weighted by molar-refractivity contribution is 7.13. The molecule has 2 amide bonds. The summed E-state index contributed by atoms with van der Waals surface area (Å²) in [5.74, 6) is 0.995. The molecule has 7 nitrogen and oxygen atoms in total. The summed E-state index contributed by atoms with van der Waals surface area (Å²) in [6.45, 7) is 2.71. The van der Waals surface area contributed by atoms with Crippen LogP contribution >= 0.6 is 11.3 Å². The van der Waals surface area contributed by atoms with Crippen LogP contribution in [0.15, 0.2) is 22.0 Å². The lowest BCUT2D eigenvalue weighted by molar-refractivity contribution is 0.0441. The number of amides is 2. The van der Waals surface area contributed by atoms with Gasteiger partial charge in [-0.2, -0.15) is 4.98 Å². The summed E-state index contributed by atoms with van der Waals surface area (Å²) in [7, 11) is 1.73. The maximum Gasteiger partial charge on any atom is 0.320 e. The number of ether oxygens (including phenoxy) is 1. The van der Waals surface area contributed by atoms with Crippen LogP contribution in [-0.4, -0.2) is 59.3 Å². The molecule has 21 heavy (non-hydrogen) atoms. The number of carbonyl (C=O) groups excluding carboxylic acids is 1. The number of rotatable bonds is 3. The van der Waals surface area contributed by atoms with Crippen LogP contribution in [-0.2, 0) is 11.3 Å². The standard InChI is InChI=1S/C13H16N4O3S/c1-16(13(18)17-4-6-19-7-5-17)9-11-14-12(15-20-11)10-3-2-8-21-10/h2-3,8H,4-7,9H2,1H3. The van der Waals surface area contributed by atoms with E-state index in [2.05, 4.69) is 10.1 Å². The first kappa shape index (κ1) is 14.0. The fourth-order valence-electron chi connectivity index (χ4n) is 2.09. The molecule has 0 saturated carbocycles. The van der Waals surface area contributed by atoms with E-state index in [4.69, 9.17) is 9.26 Å². The van der Waals surface area contributed by atoms with Crippen molar-refractivity contribution in [2.45, 2.75) is 6.54 Å². The van der Waals surface area contributed by atoms with Crippen molar-refractivity contribution in [2.24, 2.45) is 0 Å². The summed E-state index contributed by atoms with van der Waals surface area (Å²) in [6.07, 6.45) is 0. The van der Waals surface area contributed by atoms with Gasteiger partial charge in [0.1, 0.15) is 6.54 Å². The number of hydrogen-bond donors (Lipinski definition) is 0. The van der Waals surface area contributed by atoms with Gasteiger partial charge in [0.05, 0.1) is 18.1 Å². The normalized spacial score (nSPS) is 15.2. The Morgan fingerprint density at radius 1 is 1.48 bits per heavy atom. The van der Waals surface area contributed by atoms with Crippen LogP contribution in [0.4, 0.5) is 4.79 Å². The predicted octanol–water partition coefficient (Wildman–Crippen LogP) is 1.68. The number of aromatic nitrogens is 2. The van der Waals surface area contributed by atoms with Crippen molar-refractivity contribution in [1.29, 1.82) is 0 Å². The van der Waals surface area contributed by atoms with Crippen molar-refractivity contribution in [2.75, 3.05) is 33.4 Å². The average molecular weight is 308 g/mol. The van der Waals surface area contributed by atoms with Crippen LogP contribution in [0, 0.1) is 0 Å². The fraction of sp³-hybridized carbons (Fsp3) is 0.462. The predicted molar refractivity (Wildman–Crippen MR) is 76.9 cm³/mol. The number of thiophene rings is 1. The van der Waals surface area contributed by atoms with Gasteiger partial charge in [-0.25, -0.2) is 4.79 Å². The summed E-state index contributed by atoms with van der Waals surface area (Å²) in [5.41, 5.74) is 0. The van der Waals surface area contributed by atoms with E-state index in [1.54, 1.807) is 28.2 Å². The lowest BCUT2D eigenvalue weighted by Crippen LogP contribution is -2.46. The van der Waals surface area contributed by atoms with Gasteiger partial charge in [-0.15, -0.1) is 11.3 Å². The zero-order valence-corrected chi connectivity index (χ0v) is 12.5. The first-order valence-electron chi connectivity index (χ1n) is 6.68. The van der Waals surface area contributed by atoms with Gasteiger partial charge < -0.3 is 19.1 Å². The summed E-state index contributed by atoms with van der Waals surface area (Å²) < 4.78 is 10.4. The number of urea groups is 1. The van der Waals surface area contributed by atoms with Gasteiger partial charge in [0.15, 0.2) is 0 Å². The van der Waals surface area contributed by atoms with Crippen LogP contribution in [0.1, 0.15) is 5.89 Å². The van der Waals surface area contributed by atoms with Crippen molar-refractivity contribution in [1.82, 2.24) is 19.9 Å². The molecule has 112 valence electrons. The molecule has 3 rings (SSSR count). The summed E-state index contributed by atoms with van der Waals surface area (Å²) in [6, 6.07) is 3.82. The van der Waals surface area contributed by atoms with Crippen LogP contribution in [0.25, 0.3) is 10.7 Å². The fourth-order valence-corrected chi connectivity index (χ4v) is 2.74. The lowest BCUT2D eigenvalue weighted by atomic mass is 10.4. The molecule has 0 radical (unpaired) electrons. The third-order valence-electron chi connectivity index (χ3n) is 3.19. The second-order valence-corrected chi connectivity index (χ2v) is 5.67. The first-order chi connectivity index (χ1) is 10.2. The molecule has 0 aromatic carbocycles.